The van der Waals surface area contributed by atoms with Crippen LogP contribution in [-0.4, -0.2) is 19.6 Å². The van der Waals surface area contributed by atoms with E-state index in [2.05, 4.69) is 89.5 Å². The van der Waals surface area contributed by atoms with Gasteiger partial charge in [-0.05, 0) is 49.4 Å². The first kappa shape index (κ1) is 18.6. The molecule has 0 radical (unpaired) electrons. The van der Waals surface area contributed by atoms with E-state index in [9.17, 15) is 0 Å². The van der Waals surface area contributed by atoms with Gasteiger partial charge in [-0.1, -0.05) is 100 Å². The minimum atomic E-state index is 0.552. The Bertz CT molecular complexity index is 334. The maximum atomic E-state index is 2.80. The number of hydrogen-bond acceptors (Lipinski definition) is 0. The largest absolute Gasteiger partial charge is 0.105 e. The van der Waals surface area contributed by atoms with Gasteiger partial charge >= 0.3 is 0 Å². The minimum absolute atomic E-state index is 0.552. The Hall–Kier alpha value is 2.25. The van der Waals surface area contributed by atoms with E-state index in [1.54, 1.807) is 0 Å². The predicted molar refractivity (Wildman–Crippen MR) is 119 cm³/mol. The molecule has 0 aromatic rings. The quantitative estimate of drug-likeness (QED) is 0.213. The Morgan fingerprint density at radius 3 is 2.60 bits per heavy atom. The number of fused-ring (bicyclic) bond motifs is 1. The lowest BCUT2D eigenvalue weighted by molar-refractivity contribution is -0.0158. The van der Waals surface area contributed by atoms with Gasteiger partial charge in [0.05, 0.1) is 0 Å². The summed E-state index contributed by atoms with van der Waals surface area (Å²) in [5, 5.41) is 0. The molecule has 6 atom stereocenters. The van der Waals surface area contributed by atoms with Crippen LogP contribution in [0.4, 0.5) is 0 Å². The summed E-state index contributed by atoms with van der Waals surface area (Å²) in [6, 6.07) is 0. The van der Waals surface area contributed by atoms with Gasteiger partial charge in [-0.25, -0.2) is 0 Å². The third-order valence-electron chi connectivity index (χ3n) is 6.31. The van der Waals surface area contributed by atoms with Gasteiger partial charge in [0.2, 0.25) is 0 Å². The number of alkyl halides is 3. The molecule has 0 spiro atoms. The molecule has 4 heteroatoms. The highest BCUT2D eigenvalue weighted by Gasteiger charge is 2.54. The van der Waals surface area contributed by atoms with Gasteiger partial charge in [0.1, 0.15) is 7.85 Å². The Morgan fingerprint density at radius 2 is 1.95 bits per heavy atom. The molecule has 0 aromatic heterocycles. The molecule has 6 unspecified atom stereocenters. The van der Waals surface area contributed by atoms with Crippen molar-refractivity contribution in [2.75, 3.05) is 4.43 Å². The summed E-state index contributed by atoms with van der Waals surface area (Å²) >= 11 is 8.01. The van der Waals surface area contributed by atoms with Crippen LogP contribution in [-0.2, 0) is 0 Å². The molecule has 116 valence electrons. The number of halogens is 3. The molecule has 2 fully saturated rings. The molecule has 2 aliphatic rings. The van der Waals surface area contributed by atoms with Crippen LogP contribution in [0.2, 0.25) is 5.82 Å². The predicted octanol–water partition coefficient (Wildman–Crippen LogP) is 5.84. The van der Waals surface area contributed by atoms with Crippen molar-refractivity contribution >= 4 is 75.6 Å². The molecule has 0 aromatic carbocycles. The molecule has 0 nitrogen and oxygen atoms in total. The average molecular weight is 612 g/mol. The van der Waals surface area contributed by atoms with E-state index < -0.39 is 0 Å². The van der Waals surface area contributed by atoms with Crippen molar-refractivity contribution in [2.24, 2.45) is 17.3 Å². The fraction of sp³-hybridized carbons (Fsp3) is 1.00. The van der Waals surface area contributed by atoms with E-state index in [0.29, 0.717) is 8.84 Å². The summed E-state index contributed by atoms with van der Waals surface area (Å²) < 4.78 is 2.73. The Morgan fingerprint density at radius 1 is 1.25 bits per heavy atom. The fourth-order valence-electron chi connectivity index (χ4n) is 5.26. The van der Waals surface area contributed by atoms with Crippen LogP contribution >= 0.6 is 67.8 Å². The van der Waals surface area contributed by atoms with E-state index in [1.165, 1.54) is 49.4 Å². The van der Waals surface area contributed by atoms with E-state index in [0.717, 1.165) is 21.6 Å². The first-order chi connectivity index (χ1) is 9.31. The molecule has 0 amide bonds. The monoisotopic (exact) mass is 612 g/mol. The van der Waals surface area contributed by atoms with Crippen LogP contribution in [0.5, 0.6) is 0 Å². The van der Waals surface area contributed by atoms with E-state index >= 15 is 0 Å². The SMILES string of the molecule is BC1CCC2C(C)(I)CCCC2(C)C1CCC(I)CI. The van der Waals surface area contributed by atoms with Gasteiger partial charge < -0.3 is 0 Å². The summed E-state index contributed by atoms with van der Waals surface area (Å²) in [4.78, 5) is 0. The third-order valence-corrected chi connectivity index (χ3v) is 11.4. The second-order valence-electron chi connectivity index (χ2n) is 7.68. The molecule has 0 N–H and O–H groups in total. The molecule has 2 rings (SSSR count). The van der Waals surface area contributed by atoms with Gasteiger partial charge in [0, 0.05) is 11.8 Å². The standard InChI is InChI=1S/C16H28BI3/c1-15-8-3-9-16(2,20)14(15)7-6-13(17)12(15)5-4-11(19)10-18/h11-14H,3-10,17H2,1-2H3. The van der Waals surface area contributed by atoms with Crippen molar-refractivity contribution in [1.29, 1.82) is 0 Å². The third kappa shape index (κ3) is 3.83. The normalized spacial score (nSPS) is 46.8. The van der Waals surface area contributed by atoms with Gasteiger partial charge in [-0.2, -0.15) is 0 Å². The van der Waals surface area contributed by atoms with Crippen LogP contribution in [0.25, 0.3) is 0 Å². The van der Waals surface area contributed by atoms with E-state index in [-0.39, 0.29) is 0 Å². The maximum Gasteiger partial charge on any atom is 0.105 e. The van der Waals surface area contributed by atoms with E-state index in [4.69, 9.17) is 0 Å². The van der Waals surface area contributed by atoms with Crippen molar-refractivity contribution in [2.45, 2.75) is 72.0 Å². The van der Waals surface area contributed by atoms with Crippen molar-refractivity contribution in [3.05, 3.63) is 0 Å². The molecule has 0 bridgehead atoms. The molecule has 0 aliphatic heterocycles. The number of rotatable bonds is 4. The summed E-state index contributed by atoms with van der Waals surface area (Å²) in [6.07, 6.45) is 10.2. The second kappa shape index (κ2) is 7.43. The fourth-order valence-corrected chi connectivity index (χ4v) is 7.46. The van der Waals surface area contributed by atoms with Crippen LogP contribution in [0, 0.1) is 17.3 Å². The molecule has 20 heavy (non-hydrogen) atoms. The molecular weight excluding hydrogens is 584 g/mol. The molecule has 0 saturated heterocycles. The van der Waals surface area contributed by atoms with Crippen molar-refractivity contribution < 1.29 is 0 Å². The number of hydrogen-bond donors (Lipinski definition) is 0. The summed E-state index contributed by atoms with van der Waals surface area (Å²) in [7, 11) is 2.54. The zero-order chi connectivity index (χ0) is 15.0. The smallest absolute Gasteiger partial charge is 0.0852 e. The average Bonchev–Trinajstić information content (AvgIpc) is 2.36. The Kier molecular flexibility index (Phi) is 6.91. The first-order valence-corrected chi connectivity index (χ1v) is 12.0. The Labute approximate surface area is 167 Å². The summed E-state index contributed by atoms with van der Waals surface area (Å²) in [6.45, 7) is 5.19. The highest BCUT2D eigenvalue weighted by atomic mass is 127. The van der Waals surface area contributed by atoms with Gasteiger partial charge in [0.15, 0.2) is 0 Å². The first-order valence-electron chi connectivity index (χ1n) is 8.20. The molecule has 2 aliphatic carbocycles. The maximum absolute atomic E-state index is 2.80. The topological polar surface area (TPSA) is 0 Å². The van der Waals surface area contributed by atoms with Crippen molar-refractivity contribution in [3.8, 4) is 0 Å². The van der Waals surface area contributed by atoms with E-state index in [1.807, 2.05) is 0 Å². The van der Waals surface area contributed by atoms with Crippen molar-refractivity contribution in [3.63, 3.8) is 0 Å². The lowest BCUT2D eigenvalue weighted by Crippen LogP contribution is -2.52. The lowest BCUT2D eigenvalue weighted by atomic mass is 9.46. The van der Waals surface area contributed by atoms with Gasteiger partial charge in [-0.3, -0.25) is 0 Å². The van der Waals surface area contributed by atoms with Crippen molar-refractivity contribution in [1.82, 2.24) is 0 Å². The minimum Gasteiger partial charge on any atom is -0.0852 e. The van der Waals surface area contributed by atoms with Crippen LogP contribution in [0.15, 0.2) is 0 Å². The molecule has 0 heterocycles. The Balaban J connectivity index is 2.15. The second-order valence-corrected chi connectivity index (χ2v) is 12.8. The lowest BCUT2D eigenvalue weighted by Gasteiger charge is -2.58. The van der Waals surface area contributed by atoms with Gasteiger partial charge in [-0.15, -0.1) is 0 Å². The molecular formula is C16H28BI3. The zero-order valence-electron chi connectivity index (χ0n) is 13.1. The summed E-state index contributed by atoms with van der Waals surface area (Å²) in [5.74, 6) is 2.87. The van der Waals surface area contributed by atoms with Crippen LogP contribution < -0.4 is 0 Å². The molecule has 2 saturated carbocycles. The van der Waals surface area contributed by atoms with Gasteiger partial charge in [0.25, 0.3) is 0 Å². The zero-order valence-corrected chi connectivity index (χ0v) is 19.6. The summed E-state index contributed by atoms with van der Waals surface area (Å²) in [5.41, 5.74) is 0.619. The van der Waals surface area contributed by atoms with Crippen LogP contribution in [0.3, 0.4) is 0 Å². The van der Waals surface area contributed by atoms with Crippen LogP contribution in [0.1, 0.15) is 58.8 Å². The highest BCUT2D eigenvalue weighted by Crippen LogP contribution is 2.62. The highest BCUT2D eigenvalue weighted by molar-refractivity contribution is 14.1.